The number of aryl methyl sites for hydroxylation is 1. The van der Waals surface area contributed by atoms with Crippen LogP contribution in [0.5, 0.6) is 0 Å². The summed E-state index contributed by atoms with van der Waals surface area (Å²) < 4.78 is 53.3. The van der Waals surface area contributed by atoms with Crippen LogP contribution in [0.25, 0.3) is 11.1 Å². The van der Waals surface area contributed by atoms with Crippen molar-refractivity contribution in [2.45, 2.75) is 64.0 Å². The van der Waals surface area contributed by atoms with Crippen molar-refractivity contribution in [3.63, 3.8) is 0 Å². The van der Waals surface area contributed by atoms with Gasteiger partial charge in [-0.3, -0.25) is 0 Å². The van der Waals surface area contributed by atoms with Gasteiger partial charge in [0.2, 0.25) is 0 Å². The van der Waals surface area contributed by atoms with Crippen molar-refractivity contribution in [2.24, 2.45) is 11.8 Å². The van der Waals surface area contributed by atoms with Gasteiger partial charge in [-0.2, -0.15) is 13.2 Å². The average molecular weight is 390 g/mol. The van der Waals surface area contributed by atoms with E-state index >= 15 is 0 Å². The zero-order valence-corrected chi connectivity index (χ0v) is 16.2. The Hall–Kier alpha value is -1.84. The second-order valence-electron chi connectivity index (χ2n) is 8.48. The van der Waals surface area contributed by atoms with Crippen LogP contribution < -0.4 is 0 Å². The lowest BCUT2D eigenvalue weighted by atomic mass is 9.64. The van der Waals surface area contributed by atoms with Gasteiger partial charge in [0.25, 0.3) is 0 Å². The Morgan fingerprint density at radius 3 is 2.43 bits per heavy atom. The molecule has 0 saturated heterocycles. The Morgan fingerprint density at radius 2 is 1.75 bits per heavy atom. The minimum Gasteiger partial charge on any atom is -0.206 e. The standard InChI is InChI=1S/C24H26F4/c1-2-3-15-4-11-20-17(12-15)5-6-18-13-22(23(25)14-21(18)20)16-7-9-19(10-8-16)24(26,27)28/h7-10,13-15,17,20H,2-6,11-12H2,1H3/t15-,17-,20+/m1/s1. The van der Waals surface area contributed by atoms with Gasteiger partial charge in [0.15, 0.2) is 0 Å². The van der Waals surface area contributed by atoms with E-state index in [2.05, 4.69) is 6.92 Å². The van der Waals surface area contributed by atoms with Gasteiger partial charge in [-0.25, -0.2) is 4.39 Å². The van der Waals surface area contributed by atoms with E-state index in [-0.39, 0.29) is 5.82 Å². The highest BCUT2D eigenvalue weighted by molar-refractivity contribution is 5.66. The average Bonchev–Trinajstić information content (AvgIpc) is 2.67. The smallest absolute Gasteiger partial charge is 0.206 e. The summed E-state index contributed by atoms with van der Waals surface area (Å²) in [5.74, 6) is 1.57. The number of hydrogen-bond acceptors (Lipinski definition) is 0. The second kappa shape index (κ2) is 7.53. The van der Waals surface area contributed by atoms with E-state index in [0.29, 0.717) is 23.0 Å². The molecule has 0 heterocycles. The number of halogens is 4. The fraction of sp³-hybridized carbons (Fsp3) is 0.500. The van der Waals surface area contributed by atoms with E-state index in [0.717, 1.165) is 42.9 Å². The lowest BCUT2D eigenvalue weighted by Crippen LogP contribution is -2.28. The van der Waals surface area contributed by atoms with Crippen molar-refractivity contribution in [1.29, 1.82) is 0 Å². The number of benzene rings is 2. The van der Waals surface area contributed by atoms with Gasteiger partial charge in [-0.15, -0.1) is 0 Å². The SMILES string of the molecule is CCC[C@@H]1CC[C@@H]2c3cc(F)c(-c4ccc(C(F)(F)F)cc4)cc3CC[C@@H]2C1. The number of rotatable bonds is 3. The van der Waals surface area contributed by atoms with Crippen molar-refractivity contribution >= 4 is 0 Å². The third-order valence-electron chi connectivity index (χ3n) is 6.72. The Labute approximate surface area is 164 Å². The number of alkyl halides is 3. The molecule has 28 heavy (non-hydrogen) atoms. The maximum absolute atomic E-state index is 14.9. The molecule has 4 rings (SSSR count). The Balaban J connectivity index is 1.61. The molecule has 0 bridgehead atoms. The highest BCUT2D eigenvalue weighted by atomic mass is 19.4. The molecular formula is C24H26F4. The molecule has 0 spiro atoms. The molecule has 2 aliphatic rings. The third kappa shape index (κ3) is 3.70. The normalized spacial score (nSPS) is 24.5. The quantitative estimate of drug-likeness (QED) is 0.470. The molecular weight excluding hydrogens is 364 g/mol. The van der Waals surface area contributed by atoms with Crippen LogP contribution >= 0.6 is 0 Å². The molecule has 0 nitrogen and oxygen atoms in total. The lowest BCUT2D eigenvalue weighted by Gasteiger charge is -2.41. The molecule has 0 N–H and O–H groups in total. The van der Waals surface area contributed by atoms with Gasteiger partial charge in [-0.05, 0) is 90.8 Å². The van der Waals surface area contributed by atoms with Crippen molar-refractivity contribution in [3.05, 3.63) is 58.9 Å². The van der Waals surface area contributed by atoms with Crippen LogP contribution in [-0.2, 0) is 12.6 Å². The second-order valence-corrected chi connectivity index (χ2v) is 8.48. The van der Waals surface area contributed by atoms with Crippen LogP contribution in [0.4, 0.5) is 17.6 Å². The van der Waals surface area contributed by atoms with E-state index in [4.69, 9.17) is 0 Å². The molecule has 1 fully saturated rings. The summed E-state index contributed by atoms with van der Waals surface area (Å²) in [4.78, 5) is 0. The Bertz CT molecular complexity index is 835. The minimum atomic E-state index is -4.38. The monoisotopic (exact) mass is 390 g/mol. The van der Waals surface area contributed by atoms with Crippen LogP contribution in [0.2, 0.25) is 0 Å². The molecule has 0 amide bonds. The van der Waals surface area contributed by atoms with Crippen LogP contribution in [-0.4, -0.2) is 0 Å². The molecule has 0 unspecified atom stereocenters. The molecule has 0 aliphatic heterocycles. The zero-order valence-electron chi connectivity index (χ0n) is 16.2. The molecule has 1 saturated carbocycles. The maximum atomic E-state index is 14.9. The Kier molecular flexibility index (Phi) is 5.24. The largest absolute Gasteiger partial charge is 0.416 e. The fourth-order valence-electron chi connectivity index (χ4n) is 5.36. The summed E-state index contributed by atoms with van der Waals surface area (Å²) in [5, 5.41) is 0. The first-order chi connectivity index (χ1) is 13.4. The molecule has 4 heteroatoms. The van der Waals surface area contributed by atoms with Crippen molar-refractivity contribution in [1.82, 2.24) is 0 Å². The molecule has 2 aromatic carbocycles. The first-order valence-electron chi connectivity index (χ1n) is 10.4. The van der Waals surface area contributed by atoms with Crippen molar-refractivity contribution < 1.29 is 17.6 Å². The van der Waals surface area contributed by atoms with Crippen LogP contribution in [0.1, 0.15) is 68.1 Å². The van der Waals surface area contributed by atoms with Crippen LogP contribution in [0, 0.1) is 17.7 Å². The summed E-state index contributed by atoms with van der Waals surface area (Å²) in [6.45, 7) is 2.24. The topological polar surface area (TPSA) is 0 Å². The molecule has 150 valence electrons. The van der Waals surface area contributed by atoms with E-state index in [1.54, 1.807) is 6.07 Å². The molecule has 0 radical (unpaired) electrons. The first-order valence-corrected chi connectivity index (χ1v) is 10.4. The van der Waals surface area contributed by atoms with E-state index < -0.39 is 11.7 Å². The van der Waals surface area contributed by atoms with Crippen molar-refractivity contribution in [2.75, 3.05) is 0 Å². The van der Waals surface area contributed by atoms with Gasteiger partial charge in [0.05, 0.1) is 5.56 Å². The summed E-state index contributed by atoms with van der Waals surface area (Å²) in [6.07, 6.45) is 3.80. The lowest BCUT2D eigenvalue weighted by molar-refractivity contribution is -0.137. The summed E-state index contributed by atoms with van der Waals surface area (Å²) in [7, 11) is 0. The number of fused-ring (bicyclic) bond motifs is 3. The summed E-state index contributed by atoms with van der Waals surface area (Å²) in [5.41, 5.74) is 2.51. The predicted octanol–water partition coefficient (Wildman–Crippen LogP) is 7.76. The third-order valence-corrected chi connectivity index (χ3v) is 6.72. The first kappa shape index (κ1) is 19.5. The molecule has 2 aromatic rings. The Morgan fingerprint density at radius 1 is 1.00 bits per heavy atom. The summed E-state index contributed by atoms with van der Waals surface area (Å²) >= 11 is 0. The van der Waals surface area contributed by atoms with E-state index in [1.807, 2.05) is 6.07 Å². The van der Waals surface area contributed by atoms with E-state index in [1.165, 1.54) is 43.4 Å². The van der Waals surface area contributed by atoms with Crippen molar-refractivity contribution in [3.8, 4) is 11.1 Å². The molecule has 0 aromatic heterocycles. The van der Waals surface area contributed by atoms with Crippen LogP contribution in [0.15, 0.2) is 36.4 Å². The summed E-state index contributed by atoms with van der Waals surface area (Å²) in [6, 6.07) is 8.34. The zero-order chi connectivity index (χ0) is 19.9. The number of hydrogen-bond donors (Lipinski definition) is 0. The fourth-order valence-corrected chi connectivity index (χ4v) is 5.36. The minimum absolute atomic E-state index is 0.324. The van der Waals surface area contributed by atoms with Gasteiger partial charge in [0, 0.05) is 5.56 Å². The molecule has 2 aliphatic carbocycles. The molecule has 3 atom stereocenters. The van der Waals surface area contributed by atoms with E-state index in [9.17, 15) is 17.6 Å². The van der Waals surface area contributed by atoms with Crippen LogP contribution in [0.3, 0.4) is 0 Å². The highest BCUT2D eigenvalue weighted by Gasteiger charge is 2.35. The van der Waals surface area contributed by atoms with Gasteiger partial charge >= 0.3 is 6.18 Å². The maximum Gasteiger partial charge on any atom is 0.416 e. The predicted molar refractivity (Wildman–Crippen MR) is 104 cm³/mol. The van der Waals surface area contributed by atoms with Gasteiger partial charge < -0.3 is 0 Å². The highest BCUT2D eigenvalue weighted by Crippen LogP contribution is 2.48. The van der Waals surface area contributed by atoms with Gasteiger partial charge in [0.1, 0.15) is 5.82 Å². The van der Waals surface area contributed by atoms with Gasteiger partial charge in [-0.1, -0.05) is 31.9 Å².